The molecular weight excluding hydrogens is 430 g/mol. The third-order valence-electron chi connectivity index (χ3n) is 5.61. The Morgan fingerprint density at radius 3 is 2.69 bits per heavy atom. The molecule has 2 heterocycles. The molecule has 9 heteroatoms. The number of anilines is 1. The Morgan fingerprint density at radius 1 is 1.12 bits per heavy atom. The number of nitrogens with one attached hydrogen (secondary N) is 2. The first-order chi connectivity index (χ1) is 15.5. The van der Waals surface area contributed by atoms with Crippen LogP contribution in [0.2, 0.25) is 0 Å². The van der Waals surface area contributed by atoms with Gasteiger partial charge in [-0.05, 0) is 56.4 Å². The molecule has 1 atom stereocenters. The Balaban J connectivity index is 1.50. The van der Waals surface area contributed by atoms with Gasteiger partial charge in [0.05, 0.1) is 35.6 Å². The maximum atomic E-state index is 12.8. The molecule has 2 N–H and O–H groups in total. The minimum Gasteiger partial charge on any atom is -0.465 e. The van der Waals surface area contributed by atoms with Crippen LogP contribution in [0, 0.1) is 0 Å². The Hall–Kier alpha value is -3.20. The van der Waals surface area contributed by atoms with Gasteiger partial charge in [-0.1, -0.05) is 12.8 Å². The summed E-state index contributed by atoms with van der Waals surface area (Å²) in [6, 6.07) is 4.94. The third kappa shape index (κ3) is 4.52. The zero-order valence-electron chi connectivity index (χ0n) is 18.0. The van der Waals surface area contributed by atoms with E-state index in [0.717, 1.165) is 54.5 Å². The number of ether oxygens (including phenoxy) is 2. The molecule has 4 rings (SSSR count). The van der Waals surface area contributed by atoms with Crippen molar-refractivity contribution >= 4 is 45.2 Å². The molecular formula is C23H25N3O5S. The molecule has 3 aromatic rings. The highest BCUT2D eigenvalue weighted by Gasteiger charge is 2.28. The molecule has 1 aliphatic rings. The second-order valence-corrected chi connectivity index (χ2v) is 8.89. The van der Waals surface area contributed by atoms with E-state index in [9.17, 15) is 14.4 Å². The summed E-state index contributed by atoms with van der Waals surface area (Å²) in [7, 11) is 1.34. The van der Waals surface area contributed by atoms with Gasteiger partial charge < -0.3 is 19.8 Å². The number of thiophene rings is 1. The molecule has 168 valence electrons. The fourth-order valence-corrected chi connectivity index (χ4v) is 5.16. The number of aromatic nitrogens is 2. The molecule has 1 amide bonds. The van der Waals surface area contributed by atoms with E-state index in [1.807, 2.05) is 0 Å². The number of methoxy groups -OCH3 is 1. The second-order valence-electron chi connectivity index (χ2n) is 7.78. The molecule has 0 saturated carbocycles. The smallest absolute Gasteiger partial charge is 0.341 e. The summed E-state index contributed by atoms with van der Waals surface area (Å²) in [6.07, 6.45) is 6.48. The van der Waals surface area contributed by atoms with Crippen LogP contribution in [0.5, 0.6) is 0 Å². The number of hydrogen-bond donors (Lipinski definition) is 2. The Kier molecular flexibility index (Phi) is 6.55. The number of imidazole rings is 1. The lowest BCUT2D eigenvalue weighted by atomic mass is 9.96. The summed E-state index contributed by atoms with van der Waals surface area (Å²) in [5, 5.41) is 3.25. The lowest BCUT2D eigenvalue weighted by Gasteiger charge is -2.14. The van der Waals surface area contributed by atoms with Gasteiger partial charge in [0.25, 0.3) is 5.91 Å². The van der Waals surface area contributed by atoms with Crippen molar-refractivity contribution in [2.24, 2.45) is 0 Å². The quantitative estimate of drug-likeness (QED) is 0.557. The average Bonchev–Trinajstić information content (AvgIpc) is 3.36. The number of benzene rings is 1. The van der Waals surface area contributed by atoms with Crippen LogP contribution in [0.25, 0.3) is 11.0 Å². The van der Waals surface area contributed by atoms with E-state index in [-0.39, 0.29) is 0 Å². The van der Waals surface area contributed by atoms with E-state index in [1.54, 1.807) is 24.5 Å². The fourth-order valence-electron chi connectivity index (χ4n) is 3.88. The monoisotopic (exact) mass is 455 g/mol. The van der Waals surface area contributed by atoms with Crippen LogP contribution in [0.4, 0.5) is 5.00 Å². The SMILES string of the molecule is COC(=O)c1c(NC(=O)C(C)OC(=O)c2ccc3nc[nH]c3c2)sc2c1CCCCCC2. The van der Waals surface area contributed by atoms with Crippen LogP contribution >= 0.6 is 11.3 Å². The summed E-state index contributed by atoms with van der Waals surface area (Å²) < 4.78 is 10.4. The van der Waals surface area contributed by atoms with E-state index in [1.165, 1.54) is 25.4 Å². The van der Waals surface area contributed by atoms with Gasteiger partial charge in [-0.15, -0.1) is 11.3 Å². The van der Waals surface area contributed by atoms with Crippen LogP contribution in [0.1, 0.15) is 63.8 Å². The first-order valence-electron chi connectivity index (χ1n) is 10.7. The normalized spacial score (nSPS) is 14.7. The number of aryl methyl sites for hydroxylation is 1. The number of carbonyl (C=O) groups is 3. The molecule has 0 aliphatic heterocycles. The van der Waals surface area contributed by atoms with Crippen molar-refractivity contribution in [1.82, 2.24) is 9.97 Å². The lowest BCUT2D eigenvalue weighted by Crippen LogP contribution is -2.30. The van der Waals surface area contributed by atoms with Crippen molar-refractivity contribution < 1.29 is 23.9 Å². The minimum absolute atomic E-state index is 0.315. The van der Waals surface area contributed by atoms with Gasteiger partial charge in [-0.2, -0.15) is 0 Å². The number of esters is 2. The van der Waals surface area contributed by atoms with Crippen molar-refractivity contribution in [2.45, 2.75) is 51.6 Å². The van der Waals surface area contributed by atoms with Crippen LogP contribution in [0.3, 0.4) is 0 Å². The topological polar surface area (TPSA) is 110 Å². The number of aromatic amines is 1. The van der Waals surface area contributed by atoms with E-state index in [0.29, 0.717) is 21.6 Å². The minimum atomic E-state index is -1.05. The summed E-state index contributed by atoms with van der Waals surface area (Å²) in [6.45, 7) is 1.50. The Bertz CT molecular complexity index is 1170. The van der Waals surface area contributed by atoms with Gasteiger partial charge >= 0.3 is 11.9 Å². The van der Waals surface area contributed by atoms with Gasteiger partial charge in [-0.3, -0.25) is 4.79 Å². The zero-order valence-corrected chi connectivity index (χ0v) is 18.8. The van der Waals surface area contributed by atoms with Crippen molar-refractivity contribution in [3.63, 3.8) is 0 Å². The Morgan fingerprint density at radius 2 is 1.91 bits per heavy atom. The highest BCUT2D eigenvalue weighted by atomic mass is 32.1. The van der Waals surface area contributed by atoms with Gasteiger partial charge in [0.1, 0.15) is 5.00 Å². The van der Waals surface area contributed by atoms with E-state index in [4.69, 9.17) is 9.47 Å². The number of amides is 1. The molecule has 1 aliphatic carbocycles. The summed E-state index contributed by atoms with van der Waals surface area (Å²) in [5.41, 5.74) is 3.14. The lowest BCUT2D eigenvalue weighted by molar-refractivity contribution is -0.123. The molecule has 0 radical (unpaired) electrons. The fraction of sp³-hybridized carbons (Fsp3) is 0.391. The standard InChI is InChI=1S/C23H25N3O5S/c1-13(31-22(28)14-9-10-16-17(11-14)25-12-24-16)20(27)26-21-19(23(29)30-2)15-7-5-3-4-6-8-18(15)32-21/h9-13H,3-8H2,1-2H3,(H,24,25)(H,26,27). The average molecular weight is 456 g/mol. The predicted molar refractivity (Wildman–Crippen MR) is 121 cm³/mol. The second kappa shape index (κ2) is 9.52. The van der Waals surface area contributed by atoms with Gasteiger partial charge in [0, 0.05) is 4.88 Å². The van der Waals surface area contributed by atoms with Crippen LogP contribution < -0.4 is 5.32 Å². The maximum absolute atomic E-state index is 12.8. The van der Waals surface area contributed by atoms with Gasteiger partial charge in [0.2, 0.25) is 0 Å². The van der Waals surface area contributed by atoms with Crippen LogP contribution in [0.15, 0.2) is 24.5 Å². The summed E-state index contributed by atoms with van der Waals surface area (Å²) in [5.74, 6) is -1.58. The summed E-state index contributed by atoms with van der Waals surface area (Å²) in [4.78, 5) is 46.0. The number of fused-ring (bicyclic) bond motifs is 2. The van der Waals surface area contributed by atoms with E-state index < -0.39 is 23.9 Å². The molecule has 2 aromatic heterocycles. The molecule has 1 unspecified atom stereocenters. The van der Waals surface area contributed by atoms with E-state index >= 15 is 0 Å². The number of nitrogens with zero attached hydrogens (tertiary/aromatic N) is 1. The molecule has 8 nitrogen and oxygen atoms in total. The van der Waals surface area contributed by atoms with Crippen LogP contribution in [-0.4, -0.2) is 41.0 Å². The summed E-state index contributed by atoms with van der Waals surface area (Å²) >= 11 is 1.41. The number of hydrogen-bond acceptors (Lipinski definition) is 7. The zero-order chi connectivity index (χ0) is 22.7. The first-order valence-corrected chi connectivity index (χ1v) is 11.5. The molecule has 0 spiro atoms. The highest BCUT2D eigenvalue weighted by Crippen LogP contribution is 2.37. The van der Waals surface area contributed by atoms with Gasteiger partial charge in [-0.25, -0.2) is 14.6 Å². The molecule has 1 aromatic carbocycles. The number of carbonyl (C=O) groups excluding carboxylic acids is 3. The first kappa shape index (κ1) is 22.0. The molecule has 0 fully saturated rings. The molecule has 0 saturated heterocycles. The maximum Gasteiger partial charge on any atom is 0.341 e. The predicted octanol–water partition coefficient (Wildman–Crippen LogP) is 4.25. The highest BCUT2D eigenvalue weighted by molar-refractivity contribution is 7.17. The molecule has 0 bridgehead atoms. The Labute approximate surface area is 189 Å². The van der Waals surface area contributed by atoms with Gasteiger partial charge in [0.15, 0.2) is 6.10 Å². The number of rotatable bonds is 5. The third-order valence-corrected chi connectivity index (χ3v) is 6.81. The largest absolute Gasteiger partial charge is 0.465 e. The number of H-pyrrole nitrogens is 1. The van der Waals surface area contributed by atoms with Crippen molar-refractivity contribution in [3.05, 3.63) is 46.1 Å². The van der Waals surface area contributed by atoms with Crippen LogP contribution in [-0.2, 0) is 27.1 Å². The molecule has 32 heavy (non-hydrogen) atoms. The van der Waals surface area contributed by atoms with Crippen molar-refractivity contribution in [1.29, 1.82) is 0 Å². The van der Waals surface area contributed by atoms with Crippen molar-refractivity contribution in [3.8, 4) is 0 Å². The van der Waals surface area contributed by atoms with E-state index in [2.05, 4.69) is 15.3 Å². The van der Waals surface area contributed by atoms with Crippen molar-refractivity contribution in [2.75, 3.05) is 12.4 Å².